The van der Waals surface area contributed by atoms with E-state index < -0.39 is 0 Å². The van der Waals surface area contributed by atoms with E-state index in [0.29, 0.717) is 6.61 Å². The highest BCUT2D eigenvalue weighted by Gasteiger charge is 2.21. The van der Waals surface area contributed by atoms with Crippen LogP contribution < -0.4 is 14.8 Å². The van der Waals surface area contributed by atoms with Crippen LogP contribution in [0.5, 0.6) is 11.5 Å². The minimum Gasteiger partial charge on any atom is -0.493 e. The van der Waals surface area contributed by atoms with Crippen molar-refractivity contribution in [1.82, 2.24) is 14.7 Å². The van der Waals surface area contributed by atoms with Crippen LogP contribution in [-0.2, 0) is 13.0 Å². The zero-order chi connectivity index (χ0) is 25.9. The summed E-state index contributed by atoms with van der Waals surface area (Å²) < 4.78 is 13.9. The third-order valence-corrected chi connectivity index (χ3v) is 7.24. The SMILES string of the molecule is COc1cc2c(cc1OCc1ccccc1)CCNC2/C=C/c1cc(-c2ccn3ccnc3c2)ccc1C. The summed E-state index contributed by atoms with van der Waals surface area (Å²) in [6, 6.07) is 25.5. The Labute approximate surface area is 223 Å². The van der Waals surface area contributed by atoms with Crippen molar-refractivity contribution in [2.45, 2.75) is 26.0 Å². The number of rotatable bonds is 7. The predicted molar refractivity (Wildman–Crippen MR) is 153 cm³/mol. The maximum absolute atomic E-state index is 6.17. The van der Waals surface area contributed by atoms with Crippen LogP contribution in [0.3, 0.4) is 0 Å². The highest BCUT2D eigenvalue weighted by molar-refractivity contribution is 5.71. The Hall–Kier alpha value is -4.35. The van der Waals surface area contributed by atoms with Crippen LogP contribution in [0.15, 0.2) is 97.5 Å². The summed E-state index contributed by atoms with van der Waals surface area (Å²) >= 11 is 0. The first kappa shape index (κ1) is 24.0. The van der Waals surface area contributed by atoms with Crippen molar-refractivity contribution in [3.05, 3.63) is 125 Å². The third-order valence-electron chi connectivity index (χ3n) is 7.24. The average molecular weight is 502 g/mol. The summed E-state index contributed by atoms with van der Waals surface area (Å²) in [5, 5.41) is 3.66. The number of benzene rings is 3. The molecule has 3 heterocycles. The first-order valence-corrected chi connectivity index (χ1v) is 13.0. The highest BCUT2D eigenvalue weighted by Crippen LogP contribution is 2.36. The lowest BCUT2D eigenvalue weighted by Gasteiger charge is -2.26. The molecule has 1 unspecified atom stereocenters. The minimum atomic E-state index is 0.0974. The molecule has 0 saturated heterocycles. The van der Waals surface area contributed by atoms with Gasteiger partial charge in [-0.15, -0.1) is 0 Å². The van der Waals surface area contributed by atoms with E-state index in [2.05, 4.69) is 90.2 Å². The van der Waals surface area contributed by atoms with Gasteiger partial charge in [-0.05, 0) is 82.6 Å². The van der Waals surface area contributed by atoms with Gasteiger partial charge in [-0.2, -0.15) is 0 Å². The molecule has 0 bridgehead atoms. The maximum atomic E-state index is 6.17. The molecule has 1 atom stereocenters. The van der Waals surface area contributed by atoms with Gasteiger partial charge in [-0.25, -0.2) is 4.98 Å². The molecule has 0 saturated carbocycles. The zero-order valence-corrected chi connectivity index (χ0v) is 21.7. The Balaban J connectivity index is 1.26. The normalized spacial score (nSPS) is 15.1. The largest absolute Gasteiger partial charge is 0.493 e. The van der Waals surface area contributed by atoms with Gasteiger partial charge in [0.2, 0.25) is 0 Å². The molecule has 0 fully saturated rings. The standard InChI is InChI=1S/C33H31N3O2/c1-23-8-9-26(27-13-16-36-17-15-35-33(36)20-27)18-25(23)10-11-30-29-21-31(37-2)32(19-28(29)12-14-34-30)38-22-24-6-4-3-5-7-24/h3-11,13,15-21,30,34H,12,14,22H2,1-2H3/b11-10+. The lowest BCUT2D eigenvalue weighted by atomic mass is 9.92. The van der Waals surface area contributed by atoms with E-state index in [1.807, 2.05) is 35.0 Å². The molecular weight excluding hydrogens is 470 g/mol. The van der Waals surface area contributed by atoms with Crippen molar-refractivity contribution < 1.29 is 9.47 Å². The Morgan fingerprint density at radius 2 is 1.84 bits per heavy atom. The summed E-state index contributed by atoms with van der Waals surface area (Å²) in [6.45, 7) is 3.58. The van der Waals surface area contributed by atoms with Gasteiger partial charge in [-0.1, -0.05) is 54.6 Å². The Morgan fingerprint density at radius 3 is 2.71 bits per heavy atom. The monoisotopic (exact) mass is 501 g/mol. The molecule has 0 aliphatic carbocycles. The van der Waals surface area contributed by atoms with Gasteiger partial charge in [0.25, 0.3) is 0 Å². The minimum absolute atomic E-state index is 0.0974. The number of hydrogen-bond donors (Lipinski definition) is 1. The first-order valence-electron chi connectivity index (χ1n) is 13.0. The van der Waals surface area contributed by atoms with Gasteiger partial charge in [0.15, 0.2) is 11.5 Å². The van der Waals surface area contributed by atoms with Gasteiger partial charge in [0.05, 0.1) is 13.2 Å². The first-order chi connectivity index (χ1) is 18.7. The molecular formula is C33H31N3O2. The lowest BCUT2D eigenvalue weighted by molar-refractivity contribution is 0.283. The Morgan fingerprint density at radius 1 is 0.974 bits per heavy atom. The number of imidazole rings is 1. The molecule has 0 spiro atoms. The summed E-state index contributed by atoms with van der Waals surface area (Å²) in [5.74, 6) is 1.55. The van der Waals surface area contributed by atoms with Crippen LogP contribution in [0.2, 0.25) is 0 Å². The Kier molecular flexibility index (Phi) is 6.67. The molecule has 5 nitrogen and oxygen atoms in total. The second-order valence-electron chi connectivity index (χ2n) is 9.70. The molecule has 5 aromatic rings. The zero-order valence-electron chi connectivity index (χ0n) is 21.7. The average Bonchev–Trinajstić information content (AvgIpc) is 3.44. The van der Waals surface area contributed by atoms with Crippen molar-refractivity contribution in [2.75, 3.05) is 13.7 Å². The van der Waals surface area contributed by atoms with E-state index in [0.717, 1.165) is 41.2 Å². The fourth-order valence-electron chi connectivity index (χ4n) is 5.06. The number of methoxy groups -OCH3 is 1. The highest BCUT2D eigenvalue weighted by atomic mass is 16.5. The van der Waals surface area contributed by atoms with Crippen LogP contribution >= 0.6 is 0 Å². The molecule has 1 aliphatic rings. The molecule has 1 N–H and O–H groups in total. The number of aryl methyl sites for hydroxylation is 1. The lowest BCUT2D eigenvalue weighted by Crippen LogP contribution is -2.28. The van der Waals surface area contributed by atoms with Gasteiger partial charge >= 0.3 is 0 Å². The van der Waals surface area contributed by atoms with Crippen molar-refractivity contribution in [3.8, 4) is 22.6 Å². The fraction of sp³-hybridized carbons (Fsp3) is 0.182. The van der Waals surface area contributed by atoms with E-state index in [1.165, 1.54) is 27.8 Å². The van der Waals surface area contributed by atoms with Crippen molar-refractivity contribution in [3.63, 3.8) is 0 Å². The van der Waals surface area contributed by atoms with E-state index in [9.17, 15) is 0 Å². The van der Waals surface area contributed by atoms with E-state index >= 15 is 0 Å². The summed E-state index contributed by atoms with van der Waals surface area (Å²) in [4.78, 5) is 4.43. The smallest absolute Gasteiger partial charge is 0.161 e. The molecule has 6 rings (SSSR count). The van der Waals surface area contributed by atoms with E-state index in [1.54, 1.807) is 7.11 Å². The van der Waals surface area contributed by atoms with Gasteiger partial charge in [0.1, 0.15) is 12.3 Å². The molecule has 38 heavy (non-hydrogen) atoms. The predicted octanol–water partition coefficient (Wildman–Crippen LogP) is 6.80. The maximum Gasteiger partial charge on any atom is 0.161 e. The van der Waals surface area contributed by atoms with Crippen LogP contribution in [0.1, 0.15) is 33.9 Å². The number of nitrogens with one attached hydrogen (secondary N) is 1. The second kappa shape index (κ2) is 10.6. The Bertz CT molecular complexity index is 1600. The second-order valence-corrected chi connectivity index (χ2v) is 9.70. The molecule has 3 aromatic carbocycles. The number of nitrogens with zero attached hydrogens (tertiary/aromatic N) is 2. The number of aromatic nitrogens is 2. The quantitative estimate of drug-likeness (QED) is 0.267. The van der Waals surface area contributed by atoms with Crippen molar-refractivity contribution in [2.24, 2.45) is 0 Å². The van der Waals surface area contributed by atoms with Crippen molar-refractivity contribution >= 4 is 11.7 Å². The number of fused-ring (bicyclic) bond motifs is 2. The van der Waals surface area contributed by atoms with Gasteiger partial charge in [-0.3, -0.25) is 0 Å². The number of pyridine rings is 1. The third kappa shape index (κ3) is 4.93. The molecule has 1 aliphatic heterocycles. The molecule has 190 valence electrons. The summed E-state index contributed by atoms with van der Waals surface area (Å²) in [7, 11) is 1.70. The summed E-state index contributed by atoms with van der Waals surface area (Å²) in [6.07, 6.45) is 11.3. The van der Waals surface area contributed by atoms with E-state index in [4.69, 9.17) is 9.47 Å². The van der Waals surface area contributed by atoms with Gasteiger partial charge in [0, 0.05) is 25.1 Å². The van der Waals surface area contributed by atoms with Crippen molar-refractivity contribution in [1.29, 1.82) is 0 Å². The number of hydrogen-bond acceptors (Lipinski definition) is 4. The number of ether oxygens (including phenoxy) is 2. The van der Waals surface area contributed by atoms with E-state index in [-0.39, 0.29) is 6.04 Å². The molecule has 2 aromatic heterocycles. The molecule has 5 heteroatoms. The molecule has 0 amide bonds. The van der Waals surface area contributed by atoms with Crippen LogP contribution in [-0.4, -0.2) is 23.0 Å². The fourth-order valence-corrected chi connectivity index (χ4v) is 5.06. The van der Waals surface area contributed by atoms with Crippen LogP contribution in [0, 0.1) is 6.92 Å². The van der Waals surface area contributed by atoms with Crippen LogP contribution in [0.25, 0.3) is 22.9 Å². The molecule has 0 radical (unpaired) electrons. The van der Waals surface area contributed by atoms with Crippen LogP contribution in [0.4, 0.5) is 0 Å². The van der Waals surface area contributed by atoms with Gasteiger partial charge < -0.3 is 19.2 Å². The topological polar surface area (TPSA) is 47.8 Å². The summed E-state index contributed by atoms with van der Waals surface area (Å²) in [5.41, 5.74) is 9.39.